The van der Waals surface area contributed by atoms with Crippen LogP contribution in [0.15, 0.2) is 42.7 Å². The van der Waals surface area contributed by atoms with E-state index in [1.165, 1.54) is 0 Å². The predicted molar refractivity (Wildman–Crippen MR) is 89.7 cm³/mol. The van der Waals surface area contributed by atoms with Crippen molar-refractivity contribution in [3.05, 3.63) is 47.7 Å². The second kappa shape index (κ2) is 6.44. The number of benzene rings is 1. The van der Waals surface area contributed by atoms with Gasteiger partial charge in [0.05, 0.1) is 11.4 Å². The summed E-state index contributed by atoms with van der Waals surface area (Å²) in [6.45, 7) is 3.27. The Morgan fingerprint density at radius 3 is 2.55 bits per heavy atom. The van der Waals surface area contributed by atoms with Crippen LogP contribution in [-0.4, -0.2) is 34.5 Å². The molecule has 1 aromatic carbocycles. The van der Waals surface area contributed by atoms with E-state index in [2.05, 4.69) is 9.88 Å². The lowest BCUT2D eigenvalue weighted by Crippen LogP contribution is -2.41. The molecule has 1 aromatic heterocycles. The second-order valence-electron chi connectivity index (χ2n) is 5.68. The third-order valence-corrected chi connectivity index (χ3v) is 4.38. The first kappa shape index (κ1) is 15.0. The van der Waals surface area contributed by atoms with Crippen LogP contribution in [0, 0.1) is 0 Å². The highest BCUT2D eigenvalue weighted by molar-refractivity contribution is 6.30. The molecule has 1 aliphatic rings. The maximum Gasteiger partial charge on any atom is 0.219 e. The van der Waals surface area contributed by atoms with Crippen molar-refractivity contribution in [3.8, 4) is 5.69 Å². The first-order valence-corrected chi connectivity index (χ1v) is 7.96. The standard InChI is InChI=1S/C17H20ClN3O/c1-13(22)20-10-6-15(7-11-20)19-16-5-4-14(18)12-17(16)21-8-2-3-9-21/h2-5,8-9,12,15,19H,6-7,10-11H2,1H3. The number of carbonyl (C=O) groups excluding carboxylic acids is 1. The molecule has 0 saturated carbocycles. The van der Waals surface area contributed by atoms with Crippen LogP contribution < -0.4 is 5.32 Å². The van der Waals surface area contributed by atoms with Gasteiger partial charge < -0.3 is 14.8 Å². The quantitative estimate of drug-likeness (QED) is 0.940. The summed E-state index contributed by atoms with van der Waals surface area (Å²) in [7, 11) is 0. The fraction of sp³-hybridized carbons (Fsp3) is 0.353. The Hall–Kier alpha value is -1.94. The molecule has 1 saturated heterocycles. The summed E-state index contributed by atoms with van der Waals surface area (Å²) >= 11 is 6.15. The zero-order chi connectivity index (χ0) is 15.5. The molecule has 2 heterocycles. The normalized spacial score (nSPS) is 15.8. The van der Waals surface area contributed by atoms with Gasteiger partial charge in [0.2, 0.25) is 5.91 Å². The van der Waals surface area contributed by atoms with Gasteiger partial charge in [-0.05, 0) is 43.2 Å². The van der Waals surface area contributed by atoms with Crippen LogP contribution in [0.2, 0.25) is 5.02 Å². The fourth-order valence-electron chi connectivity index (χ4n) is 2.89. The molecular weight excluding hydrogens is 298 g/mol. The van der Waals surface area contributed by atoms with Crippen molar-refractivity contribution in [2.45, 2.75) is 25.8 Å². The molecule has 3 rings (SSSR count). The minimum absolute atomic E-state index is 0.165. The summed E-state index contributed by atoms with van der Waals surface area (Å²) < 4.78 is 2.05. The van der Waals surface area contributed by atoms with Gasteiger partial charge in [-0.3, -0.25) is 4.79 Å². The number of rotatable bonds is 3. The van der Waals surface area contributed by atoms with E-state index in [1.807, 2.05) is 47.6 Å². The Bertz CT molecular complexity index is 646. The smallest absolute Gasteiger partial charge is 0.219 e. The maximum atomic E-state index is 11.4. The molecule has 4 nitrogen and oxygen atoms in total. The second-order valence-corrected chi connectivity index (χ2v) is 6.11. The van der Waals surface area contributed by atoms with E-state index in [1.54, 1.807) is 6.92 Å². The number of likely N-dealkylation sites (tertiary alicyclic amines) is 1. The van der Waals surface area contributed by atoms with E-state index in [-0.39, 0.29) is 5.91 Å². The number of halogens is 1. The van der Waals surface area contributed by atoms with Gasteiger partial charge in [-0.2, -0.15) is 0 Å². The van der Waals surface area contributed by atoms with Gasteiger partial charge in [0.1, 0.15) is 0 Å². The van der Waals surface area contributed by atoms with E-state index in [4.69, 9.17) is 11.6 Å². The molecule has 1 amide bonds. The van der Waals surface area contributed by atoms with Crippen molar-refractivity contribution in [3.63, 3.8) is 0 Å². The van der Waals surface area contributed by atoms with Crippen LogP contribution in [0.25, 0.3) is 5.69 Å². The number of nitrogens with one attached hydrogen (secondary N) is 1. The predicted octanol–water partition coefficient (Wildman–Crippen LogP) is 3.55. The zero-order valence-corrected chi connectivity index (χ0v) is 13.4. The summed E-state index contributed by atoms with van der Waals surface area (Å²) in [5.74, 6) is 0.165. The van der Waals surface area contributed by atoms with Crippen LogP contribution in [0.4, 0.5) is 5.69 Å². The first-order chi connectivity index (χ1) is 10.6. The Morgan fingerprint density at radius 2 is 1.91 bits per heavy atom. The maximum absolute atomic E-state index is 11.4. The monoisotopic (exact) mass is 317 g/mol. The highest BCUT2D eigenvalue weighted by atomic mass is 35.5. The fourth-order valence-corrected chi connectivity index (χ4v) is 3.06. The average Bonchev–Trinajstić information content (AvgIpc) is 3.04. The van der Waals surface area contributed by atoms with Crippen molar-refractivity contribution >= 4 is 23.2 Å². The van der Waals surface area contributed by atoms with Gasteiger partial charge in [-0.25, -0.2) is 0 Å². The van der Waals surface area contributed by atoms with Crippen molar-refractivity contribution in [2.24, 2.45) is 0 Å². The first-order valence-electron chi connectivity index (χ1n) is 7.58. The Kier molecular flexibility index (Phi) is 4.39. The van der Waals surface area contributed by atoms with Crippen LogP contribution >= 0.6 is 11.6 Å². The van der Waals surface area contributed by atoms with E-state index >= 15 is 0 Å². The Morgan fingerprint density at radius 1 is 1.23 bits per heavy atom. The van der Waals surface area contributed by atoms with Crippen molar-refractivity contribution in [1.29, 1.82) is 0 Å². The van der Waals surface area contributed by atoms with E-state index in [9.17, 15) is 4.79 Å². The number of anilines is 1. The van der Waals surface area contributed by atoms with Gasteiger partial charge in [-0.1, -0.05) is 11.6 Å². The number of carbonyl (C=O) groups is 1. The number of hydrogen-bond acceptors (Lipinski definition) is 2. The summed E-state index contributed by atoms with van der Waals surface area (Å²) in [6.07, 6.45) is 5.95. The summed E-state index contributed by atoms with van der Waals surface area (Å²) in [5, 5.41) is 4.33. The van der Waals surface area contributed by atoms with Gasteiger partial charge in [-0.15, -0.1) is 0 Å². The molecule has 1 aliphatic heterocycles. The van der Waals surface area contributed by atoms with Gasteiger partial charge in [0.25, 0.3) is 0 Å². The van der Waals surface area contributed by atoms with Crippen molar-refractivity contribution in [2.75, 3.05) is 18.4 Å². The number of nitrogens with zero attached hydrogens (tertiary/aromatic N) is 2. The van der Waals surface area contributed by atoms with Gasteiger partial charge in [0, 0.05) is 43.5 Å². The summed E-state index contributed by atoms with van der Waals surface area (Å²) in [6, 6.07) is 10.3. The lowest BCUT2D eigenvalue weighted by Gasteiger charge is -2.32. The Labute approximate surface area is 135 Å². The molecule has 0 atom stereocenters. The SMILES string of the molecule is CC(=O)N1CCC(Nc2ccc(Cl)cc2-n2cccc2)CC1. The molecule has 0 aliphatic carbocycles. The third kappa shape index (κ3) is 3.28. The summed E-state index contributed by atoms with van der Waals surface area (Å²) in [4.78, 5) is 13.3. The molecule has 116 valence electrons. The van der Waals surface area contributed by atoms with Crippen molar-refractivity contribution in [1.82, 2.24) is 9.47 Å². The molecule has 2 aromatic rings. The minimum atomic E-state index is 0.165. The largest absolute Gasteiger partial charge is 0.380 e. The van der Waals surface area contributed by atoms with E-state index in [0.717, 1.165) is 42.3 Å². The average molecular weight is 318 g/mol. The zero-order valence-electron chi connectivity index (χ0n) is 12.6. The molecule has 22 heavy (non-hydrogen) atoms. The molecule has 0 unspecified atom stereocenters. The molecule has 0 radical (unpaired) electrons. The van der Waals surface area contributed by atoms with Crippen LogP contribution in [-0.2, 0) is 4.79 Å². The summed E-state index contributed by atoms with van der Waals surface area (Å²) in [5.41, 5.74) is 2.12. The highest BCUT2D eigenvalue weighted by Gasteiger charge is 2.21. The number of aromatic nitrogens is 1. The van der Waals surface area contributed by atoms with Crippen LogP contribution in [0.1, 0.15) is 19.8 Å². The molecule has 5 heteroatoms. The van der Waals surface area contributed by atoms with E-state index < -0.39 is 0 Å². The van der Waals surface area contributed by atoms with Crippen molar-refractivity contribution < 1.29 is 4.79 Å². The Balaban J connectivity index is 1.75. The topological polar surface area (TPSA) is 37.3 Å². The molecule has 0 bridgehead atoms. The molecule has 1 N–H and O–H groups in total. The number of hydrogen-bond donors (Lipinski definition) is 1. The lowest BCUT2D eigenvalue weighted by atomic mass is 10.0. The molecular formula is C17H20ClN3O. The molecule has 0 spiro atoms. The van der Waals surface area contributed by atoms with E-state index in [0.29, 0.717) is 6.04 Å². The molecule has 1 fully saturated rings. The number of amides is 1. The minimum Gasteiger partial charge on any atom is -0.380 e. The lowest BCUT2D eigenvalue weighted by molar-refractivity contribution is -0.129. The highest BCUT2D eigenvalue weighted by Crippen LogP contribution is 2.27. The van der Waals surface area contributed by atoms with Gasteiger partial charge >= 0.3 is 0 Å². The van der Waals surface area contributed by atoms with Crippen LogP contribution in [0.5, 0.6) is 0 Å². The van der Waals surface area contributed by atoms with Gasteiger partial charge in [0.15, 0.2) is 0 Å². The third-order valence-electron chi connectivity index (χ3n) is 4.14. The number of piperidine rings is 1. The van der Waals surface area contributed by atoms with Crippen LogP contribution in [0.3, 0.4) is 0 Å².